The molecule has 0 bridgehead atoms. The Kier molecular flexibility index (Phi) is 2.61. The highest BCUT2D eigenvalue weighted by Crippen LogP contribution is 2.30. The largest absolute Gasteiger partial charge is 0.319 e. The smallest absolute Gasteiger partial charge is 0.262 e. The average Bonchev–Trinajstić information content (AvgIpc) is 2.78. The van der Waals surface area contributed by atoms with Gasteiger partial charge in [-0.05, 0) is 17.7 Å². The van der Waals surface area contributed by atoms with Crippen LogP contribution in [0.25, 0.3) is 10.4 Å². The van der Waals surface area contributed by atoms with Gasteiger partial charge in [-0.2, -0.15) is 5.26 Å². The maximum absolute atomic E-state index is 11.8. The van der Waals surface area contributed by atoms with Gasteiger partial charge in [0.2, 0.25) is 0 Å². The molecule has 0 radical (unpaired) electrons. The molecule has 3 nitrogen and oxygen atoms in total. The van der Waals surface area contributed by atoms with E-state index in [-0.39, 0.29) is 5.19 Å². The molecule has 1 aromatic carbocycles. The molecule has 0 saturated heterocycles. The quantitative estimate of drug-likeness (QED) is 0.781. The van der Waals surface area contributed by atoms with E-state index in [9.17, 15) is 4.53 Å². The second-order valence-electron chi connectivity index (χ2n) is 2.76. The molecule has 5 heteroatoms. The summed E-state index contributed by atoms with van der Waals surface area (Å²) in [6.45, 7) is 0. The number of nitrogens with zero attached hydrogens (tertiary/aromatic N) is 2. The molecule has 0 fully saturated rings. The van der Waals surface area contributed by atoms with Crippen molar-refractivity contribution in [3.8, 4) is 21.7 Å². The molecular weight excluding hydrogens is 215 g/mol. The topological polar surface area (TPSA) is 45.9 Å². The van der Waals surface area contributed by atoms with E-state index in [1.54, 1.807) is 24.3 Å². The van der Waals surface area contributed by atoms with Gasteiger partial charge in [-0.15, -0.1) is 0 Å². The second kappa shape index (κ2) is 4.07. The van der Waals surface area contributed by atoms with Crippen molar-refractivity contribution in [2.75, 3.05) is 0 Å². The monoisotopic (exact) mass is 220 g/mol. The number of thiazole rings is 1. The SMILES string of the molecule is N#Cc1ccc(-c2cnc(OF)s2)cc1. The molecule has 0 atom stereocenters. The minimum atomic E-state index is -0.0191. The van der Waals surface area contributed by atoms with E-state index in [2.05, 4.69) is 9.93 Å². The van der Waals surface area contributed by atoms with E-state index in [1.807, 2.05) is 6.07 Å². The first-order chi connectivity index (χ1) is 7.33. The Morgan fingerprint density at radius 1 is 1.33 bits per heavy atom. The Hall–Kier alpha value is -1.93. The zero-order valence-corrected chi connectivity index (χ0v) is 8.29. The van der Waals surface area contributed by atoms with Crippen LogP contribution in [0.5, 0.6) is 5.19 Å². The first-order valence-electron chi connectivity index (χ1n) is 4.08. The van der Waals surface area contributed by atoms with E-state index < -0.39 is 0 Å². The van der Waals surface area contributed by atoms with Crippen molar-refractivity contribution in [3.63, 3.8) is 0 Å². The Balaban J connectivity index is 2.33. The van der Waals surface area contributed by atoms with Gasteiger partial charge in [-0.25, -0.2) is 4.98 Å². The Morgan fingerprint density at radius 3 is 2.60 bits per heavy atom. The maximum atomic E-state index is 11.8. The molecule has 0 spiro atoms. The molecule has 15 heavy (non-hydrogen) atoms. The fourth-order valence-electron chi connectivity index (χ4n) is 1.14. The van der Waals surface area contributed by atoms with Crippen molar-refractivity contribution in [2.45, 2.75) is 0 Å². The summed E-state index contributed by atoms with van der Waals surface area (Å²) in [5.41, 5.74) is 1.47. The lowest BCUT2D eigenvalue weighted by molar-refractivity contribution is -0.00644. The lowest BCUT2D eigenvalue weighted by atomic mass is 10.1. The van der Waals surface area contributed by atoms with Crippen LogP contribution in [0, 0.1) is 11.3 Å². The van der Waals surface area contributed by atoms with Crippen molar-refractivity contribution in [1.29, 1.82) is 5.26 Å². The summed E-state index contributed by atoms with van der Waals surface area (Å²) in [5.74, 6) is 0. The number of rotatable bonds is 2. The van der Waals surface area contributed by atoms with Gasteiger partial charge >= 0.3 is 5.19 Å². The highest BCUT2D eigenvalue weighted by Gasteiger charge is 2.05. The molecule has 2 aromatic rings. The summed E-state index contributed by atoms with van der Waals surface area (Å²) in [5, 5.41) is 8.59. The van der Waals surface area contributed by atoms with Crippen LogP contribution in [0.2, 0.25) is 0 Å². The zero-order chi connectivity index (χ0) is 10.7. The van der Waals surface area contributed by atoms with Crippen molar-refractivity contribution in [3.05, 3.63) is 36.0 Å². The van der Waals surface area contributed by atoms with Gasteiger partial charge < -0.3 is 0 Å². The van der Waals surface area contributed by atoms with E-state index in [1.165, 1.54) is 6.20 Å². The third kappa shape index (κ3) is 1.95. The van der Waals surface area contributed by atoms with Crippen LogP contribution >= 0.6 is 11.3 Å². The molecular formula is C10H5FN2OS. The molecule has 2 rings (SSSR count). The molecule has 0 aliphatic rings. The van der Waals surface area contributed by atoms with Crippen LogP contribution in [-0.2, 0) is 0 Å². The molecule has 0 saturated carbocycles. The standard InChI is InChI=1S/C10H5FN2OS/c11-14-10-13-6-9(15-10)8-3-1-7(5-12)2-4-8/h1-4,6H. The zero-order valence-electron chi connectivity index (χ0n) is 7.48. The van der Waals surface area contributed by atoms with Crippen molar-refractivity contribution >= 4 is 11.3 Å². The van der Waals surface area contributed by atoms with E-state index >= 15 is 0 Å². The third-order valence-corrected chi connectivity index (χ3v) is 2.75. The van der Waals surface area contributed by atoms with E-state index in [0.29, 0.717) is 5.56 Å². The molecule has 74 valence electrons. The van der Waals surface area contributed by atoms with Crippen LogP contribution in [0.15, 0.2) is 30.5 Å². The summed E-state index contributed by atoms with van der Waals surface area (Å²) in [4.78, 5) is 8.02. The van der Waals surface area contributed by atoms with Crippen molar-refractivity contribution in [2.24, 2.45) is 0 Å². The highest BCUT2D eigenvalue weighted by molar-refractivity contribution is 7.16. The van der Waals surface area contributed by atoms with Crippen LogP contribution in [0.3, 0.4) is 0 Å². The Labute approximate surface area is 89.3 Å². The fraction of sp³-hybridized carbons (Fsp3) is 0. The van der Waals surface area contributed by atoms with Crippen molar-refractivity contribution < 1.29 is 9.47 Å². The number of benzene rings is 1. The second-order valence-corrected chi connectivity index (χ2v) is 3.75. The average molecular weight is 220 g/mol. The van der Waals surface area contributed by atoms with Crippen molar-refractivity contribution in [1.82, 2.24) is 4.98 Å². The fourth-order valence-corrected chi connectivity index (χ4v) is 1.82. The lowest BCUT2D eigenvalue weighted by Gasteiger charge is -1.94. The predicted octanol–water partition coefficient (Wildman–Crippen LogP) is 2.95. The molecule has 1 aromatic heterocycles. The van der Waals surface area contributed by atoms with Gasteiger partial charge in [-0.3, -0.25) is 4.94 Å². The summed E-state index contributed by atoms with van der Waals surface area (Å²) >= 11 is 1.11. The Morgan fingerprint density at radius 2 is 2.07 bits per heavy atom. The first-order valence-corrected chi connectivity index (χ1v) is 4.90. The third-order valence-electron chi connectivity index (χ3n) is 1.85. The highest BCUT2D eigenvalue weighted by atomic mass is 32.1. The number of nitriles is 1. The minimum absolute atomic E-state index is 0.0191. The maximum Gasteiger partial charge on any atom is 0.319 e. The first kappa shape index (κ1) is 9.62. The van der Waals surface area contributed by atoms with Crippen LogP contribution in [0.1, 0.15) is 5.56 Å². The summed E-state index contributed by atoms with van der Waals surface area (Å²) in [7, 11) is 0. The number of halogens is 1. The van der Waals surface area contributed by atoms with Gasteiger partial charge in [0.05, 0.1) is 16.5 Å². The summed E-state index contributed by atoms with van der Waals surface area (Å²) in [6, 6.07) is 9.00. The molecule has 0 unspecified atom stereocenters. The Bertz CT molecular complexity index is 501. The van der Waals surface area contributed by atoms with Gasteiger partial charge in [0.25, 0.3) is 0 Å². The molecule has 0 aliphatic carbocycles. The number of hydrogen-bond acceptors (Lipinski definition) is 4. The molecule has 0 N–H and O–H groups in total. The normalized spacial score (nSPS) is 9.60. The molecule has 1 heterocycles. The molecule has 0 amide bonds. The van der Waals surface area contributed by atoms with Crippen LogP contribution in [0.4, 0.5) is 4.53 Å². The van der Waals surface area contributed by atoms with E-state index in [4.69, 9.17) is 5.26 Å². The molecule has 0 aliphatic heterocycles. The van der Waals surface area contributed by atoms with Gasteiger partial charge in [0, 0.05) is 10.7 Å². The number of aromatic nitrogens is 1. The van der Waals surface area contributed by atoms with Gasteiger partial charge in [0.15, 0.2) is 0 Å². The number of hydrogen-bond donors (Lipinski definition) is 0. The minimum Gasteiger partial charge on any atom is -0.262 e. The van der Waals surface area contributed by atoms with Crippen LogP contribution < -0.4 is 4.94 Å². The summed E-state index contributed by atoms with van der Waals surface area (Å²) < 4.78 is 11.8. The predicted molar refractivity (Wildman–Crippen MR) is 54.0 cm³/mol. The lowest BCUT2D eigenvalue weighted by Crippen LogP contribution is -1.74. The van der Waals surface area contributed by atoms with Gasteiger partial charge in [-0.1, -0.05) is 23.5 Å². The summed E-state index contributed by atoms with van der Waals surface area (Å²) in [6.07, 6.45) is 1.53. The van der Waals surface area contributed by atoms with Gasteiger partial charge in [0.1, 0.15) is 0 Å². The van der Waals surface area contributed by atoms with Crippen LogP contribution in [-0.4, -0.2) is 4.98 Å². The van der Waals surface area contributed by atoms with E-state index in [0.717, 1.165) is 21.8 Å².